The number of hydrogen-bond acceptors (Lipinski definition) is 8. The van der Waals surface area contributed by atoms with E-state index in [1.807, 2.05) is 58.6 Å². The first-order valence-electron chi connectivity index (χ1n) is 11.0. The van der Waals surface area contributed by atoms with Crippen LogP contribution in [0.1, 0.15) is 12.8 Å². The Morgan fingerprint density at radius 1 is 1.15 bits per heavy atom. The fourth-order valence-corrected chi connectivity index (χ4v) is 4.90. The number of piperidine rings is 1. The maximum Gasteiger partial charge on any atom is 0.229 e. The number of nitrogens with zero attached hydrogens (tertiary/aromatic N) is 8. The molecule has 170 valence electrons. The number of anilines is 2. The van der Waals surface area contributed by atoms with E-state index in [0.717, 1.165) is 47.1 Å². The van der Waals surface area contributed by atoms with Crippen molar-refractivity contribution in [1.29, 1.82) is 0 Å². The molecule has 1 unspecified atom stereocenters. The lowest BCUT2D eigenvalue weighted by atomic mass is 9.97. The summed E-state index contributed by atoms with van der Waals surface area (Å²) in [4.78, 5) is 24.7. The zero-order valence-electron chi connectivity index (χ0n) is 18.2. The quantitative estimate of drug-likeness (QED) is 0.419. The molecule has 10 nitrogen and oxygen atoms in total. The highest BCUT2D eigenvalue weighted by molar-refractivity contribution is 7.15. The number of imidazole rings is 1. The summed E-state index contributed by atoms with van der Waals surface area (Å²) >= 11 is 1.60. The van der Waals surface area contributed by atoms with E-state index in [-0.39, 0.29) is 11.8 Å². The van der Waals surface area contributed by atoms with Crippen molar-refractivity contribution in [3.63, 3.8) is 0 Å². The zero-order valence-corrected chi connectivity index (χ0v) is 19.0. The van der Waals surface area contributed by atoms with Gasteiger partial charge in [0, 0.05) is 42.1 Å². The van der Waals surface area contributed by atoms with Crippen LogP contribution in [0.15, 0.2) is 66.8 Å². The third kappa shape index (κ3) is 4.01. The molecular formula is C23H21N9OS. The third-order valence-corrected chi connectivity index (χ3v) is 6.70. The van der Waals surface area contributed by atoms with E-state index in [9.17, 15) is 4.79 Å². The van der Waals surface area contributed by atoms with Crippen molar-refractivity contribution in [3.8, 4) is 17.1 Å². The van der Waals surface area contributed by atoms with Crippen LogP contribution in [0.4, 0.5) is 11.5 Å². The van der Waals surface area contributed by atoms with Gasteiger partial charge in [0.05, 0.1) is 11.6 Å². The third-order valence-electron chi connectivity index (χ3n) is 5.93. The highest BCUT2D eigenvalue weighted by atomic mass is 32.1. The first kappa shape index (κ1) is 20.5. The van der Waals surface area contributed by atoms with Gasteiger partial charge in [-0.15, -0.1) is 21.5 Å². The van der Waals surface area contributed by atoms with E-state index in [1.165, 1.54) is 6.33 Å². The average molecular weight is 472 g/mol. The number of carbonyl (C=O) groups is 1. The minimum atomic E-state index is -0.132. The lowest BCUT2D eigenvalue weighted by molar-refractivity contribution is -0.120. The summed E-state index contributed by atoms with van der Waals surface area (Å²) in [5.74, 6) is 1.24. The molecule has 6 rings (SSSR count). The summed E-state index contributed by atoms with van der Waals surface area (Å²) in [5, 5.41) is 17.8. The Hall–Kier alpha value is -4.12. The monoisotopic (exact) mass is 471 g/mol. The lowest BCUT2D eigenvalue weighted by Gasteiger charge is -2.32. The molecule has 0 aliphatic carbocycles. The Kier molecular flexibility index (Phi) is 5.22. The summed E-state index contributed by atoms with van der Waals surface area (Å²) in [7, 11) is 0. The van der Waals surface area contributed by atoms with Gasteiger partial charge in [0.2, 0.25) is 5.91 Å². The molecule has 1 aliphatic rings. The van der Waals surface area contributed by atoms with Gasteiger partial charge in [0.15, 0.2) is 16.6 Å². The summed E-state index contributed by atoms with van der Waals surface area (Å²) < 4.78 is 3.56. The molecule has 0 saturated carbocycles. The van der Waals surface area contributed by atoms with Gasteiger partial charge in [-0.2, -0.15) is 5.10 Å². The average Bonchev–Trinajstić information content (AvgIpc) is 3.63. The van der Waals surface area contributed by atoms with Gasteiger partial charge < -0.3 is 10.2 Å². The van der Waals surface area contributed by atoms with Crippen LogP contribution in [0.25, 0.3) is 22.0 Å². The summed E-state index contributed by atoms with van der Waals surface area (Å²) in [6, 6.07) is 11.6. The molecule has 5 aromatic rings. The molecule has 1 atom stereocenters. The first-order chi connectivity index (χ1) is 16.7. The van der Waals surface area contributed by atoms with Crippen LogP contribution >= 0.6 is 11.3 Å². The van der Waals surface area contributed by atoms with E-state index in [4.69, 9.17) is 0 Å². The molecule has 1 N–H and O–H groups in total. The number of amides is 1. The fourth-order valence-electron chi connectivity index (χ4n) is 4.20. The Labute approximate surface area is 198 Å². The zero-order chi connectivity index (χ0) is 22.9. The summed E-state index contributed by atoms with van der Waals surface area (Å²) in [6.45, 7) is 1.44. The number of thiazole rings is 1. The topological polar surface area (TPSA) is 106 Å². The number of nitrogens with one attached hydrogen (secondary N) is 1. The number of rotatable bonds is 5. The molecule has 1 aliphatic heterocycles. The molecule has 1 aromatic carbocycles. The number of aromatic nitrogens is 7. The first-order valence-corrected chi connectivity index (χ1v) is 11.9. The van der Waals surface area contributed by atoms with E-state index in [1.54, 1.807) is 22.3 Å². The van der Waals surface area contributed by atoms with Gasteiger partial charge in [-0.3, -0.25) is 9.20 Å². The number of benzene rings is 1. The fraction of sp³-hybridized carbons (Fsp3) is 0.217. The maximum atomic E-state index is 13.1. The molecule has 1 fully saturated rings. The Bertz CT molecular complexity index is 1400. The number of fused-ring (bicyclic) bond motifs is 1. The molecule has 5 heterocycles. The van der Waals surface area contributed by atoms with Crippen molar-refractivity contribution in [1.82, 2.24) is 34.3 Å². The van der Waals surface area contributed by atoms with Gasteiger partial charge in [-0.25, -0.2) is 14.6 Å². The van der Waals surface area contributed by atoms with Crippen molar-refractivity contribution >= 4 is 33.7 Å². The summed E-state index contributed by atoms with van der Waals surface area (Å²) in [6.07, 6.45) is 8.77. The highest BCUT2D eigenvalue weighted by Gasteiger charge is 2.27. The van der Waals surface area contributed by atoms with Crippen LogP contribution < -0.4 is 10.2 Å². The molecule has 0 radical (unpaired) electrons. The van der Waals surface area contributed by atoms with Crippen molar-refractivity contribution in [2.24, 2.45) is 5.92 Å². The largest absolute Gasteiger partial charge is 0.354 e. The van der Waals surface area contributed by atoms with Crippen LogP contribution in [-0.2, 0) is 4.79 Å². The number of carbonyl (C=O) groups excluding carboxylic acids is 1. The van der Waals surface area contributed by atoms with Gasteiger partial charge in [0.1, 0.15) is 12.7 Å². The molecule has 4 aromatic heterocycles. The standard InChI is InChI=1S/C23H21N9OS/c33-22(26-18-5-1-3-16(11-18)19-13-31-9-10-34-23(31)27-19)17-4-2-8-30(12-17)20-6-7-21(29-28-20)32-15-24-14-25-32/h1,3,5-7,9-11,13-15,17H,2,4,8,12H2,(H,26,33). The van der Waals surface area contributed by atoms with E-state index in [2.05, 4.69) is 35.5 Å². The van der Waals surface area contributed by atoms with E-state index in [0.29, 0.717) is 12.4 Å². The van der Waals surface area contributed by atoms with E-state index >= 15 is 0 Å². The van der Waals surface area contributed by atoms with Crippen LogP contribution in [0.5, 0.6) is 0 Å². The second kappa shape index (κ2) is 8.67. The van der Waals surface area contributed by atoms with Crippen molar-refractivity contribution < 1.29 is 4.79 Å². The molecule has 0 bridgehead atoms. The Morgan fingerprint density at radius 2 is 2.06 bits per heavy atom. The predicted molar refractivity (Wildman–Crippen MR) is 129 cm³/mol. The second-order valence-corrected chi connectivity index (χ2v) is 9.04. The molecule has 11 heteroatoms. The maximum absolute atomic E-state index is 13.1. The van der Waals surface area contributed by atoms with E-state index < -0.39 is 0 Å². The number of hydrogen-bond donors (Lipinski definition) is 1. The van der Waals surface area contributed by atoms with Gasteiger partial charge in [-0.1, -0.05) is 12.1 Å². The molecule has 1 saturated heterocycles. The van der Waals surface area contributed by atoms with Crippen molar-refractivity contribution in [2.45, 2.75) is 12.8 Å². The normalized spacial score (nSPS) is 16.1. The second-order valence-electron chi connectivity index (χ2n) is 8.16. The van der Waals surface area contributed by atoms with Crippen LogP contribution in [-0.4, -0.2) is 53.3 Å². The van der Waals surface area contributed by atoms with Crippen LogP contribution in [0, 0.1) is 5.92 Å². The Morgan fingerprint density at radius 3 is 2.88 bits per heavy atom. The lowest BCUT2D eigenvalue weighted by Crippen LogP contribution is -2.41. The van der Waals surface area contributed by atoms with Crippen molar-refractivity contribution in [3.05, 3.63) is 66.8 Å². The minimum Gasteiger partial charge on any atom is -0.354 e. The molecule has 34 heavy (non-hydrogen) atoms. The smallest absolute Gasteiger partial charge is 0.229 e. The van der Waals surface area contributed by atoms with Gasteiger partial charge >= 0.3 is 0 Å². The molecule has 1 amide bonds. The molecular weight excluding hydrogens is 450 g/mol. The Balaban J connectivity index is 1.13. The SMILES string of the molecule is O=C(Nc1cccc(-c2cn3ccsc3n2)c1)C1CCCN(c2ccc(-n3cncn3)nn2)C1. The van der Waals surface area contributed by atoms with Gasteiger partial charge in [0.25, 0.3) is 0 Å². The molecule has 0 spiro atoms. The highest BCUT2D eigenvalue weighted by Crippen LogP contribution is 2.26. The van der Waals surface area contributed by atoms with Crippen LogP contribution in [0.2, 0.25) is 0 Å². The summed E-state index contributed by atoms with van der Waals surface area (Å²) in [5.41, 5.74) is 2.63. The predicted octanol–water partition coefficient (Wildman–Crippen LogP) is 3.29. The minimum absolute atomic E-state index is 0.0138. The van der Waals surface area contributed by atoms with Gasteiger partial charge in [-0.05, 0) is 37.1 Å². The van der Waals surface area contributed by atoms with Crippen LogP contribution in [0.3, 0.4) is 0 Å². The van der Waals surface area contributed by atoms with Crippen molar-refractivity contribution in [2.75, 3.05) is 23.3 Å².